The number of hydrogen-bond donors (Lipinski definition) is 0. The molecule has 0 radical (unpaired) electrons. The molecule has 5 nitrogen and oxygen atoms in total. The highest BCUT2D eigenvalue weighted by Gasteiger charge is 2.33. The number of amides is 1. The van der Waals surface area contributed by atoms with Crippen molar-refractivity contribution in [1.29, 1.82) is 0 Å². The maximum absolute atomic E-state index is 13.7. The molecule has 3 rings (SSSR count). The quantitative estimate of drug-likeness (QED) is 0.472. The van der Waals surface area contributed by atoms with Gasteiger partial charge in [-0.3, -0.25) is 4.79 Å². The van der Waals surface area contributed by atoms with E-state index in [2.05, 4.69) is 0 Å². The summed E-state index contributed by atoms with van der Waals surface area (Å²) in [5.41, 5.74) is -2.25. The molecule has 152 valence electrons. The van der Waals surface area contributed by atoms with Crippen LogP contribution in [0.15, 0.2) is 57.7 Å². The van der Waals surface area contributed by atoms with Crippen molar-refractivity contribution in [3.8, 4) is 5.75 Å². The molecule has 29 heavy (non-hydrogen) atoms. The number of nitrogens with zero attached hydrogens (tertiary/aromatic N) is 1. The number of ether oxygens (including phenoxy) is 1. The second-order valence-electron chi connectivity index (χ2n) is 6.26. The van der Waals surface area contributed by atoms with E-state index in [1.807, 2.05) is 0 Å². The Morgan fingerprint density at radius 1 is 1.14 bits per heavy atom. The summed E-state index contributed by atoms with van der Waals surface area (Å²) < 4.78 is 63.0. The van der Waals surface area contributed by atoms with E-state index >= 15 is 0 Å². The zero-order valence-electron chi connectivity index (χ0n) is 15.1. The molecule has 0 saturated carbocycles. The second kappa shape index (κ2) is 7.94. The minimum Gasteiger partial charge on any atom is -0.484 e. The molecule has 0 bridgehead atoms. The smallest absolute Gasteiger partial charge is 0.417 e. The number of carbonyl (C=O) groups excluding carboxylic acids is 1. The van der Waals surface area contributed by atoms with Crippen LogP contribution in [0.25, 0.3) is 11.0 Å². The Bertz CT molecular complexity index is 1110. The van der Waals surface area contributed by atoms with Gasteiger partial charge in [-0.2, -0.15) is 13.2 Å². The SMILES string of the molecule is CN(Cc1ccccc1F)C(=O)COc1ccc2c(C(F)(F)F)cc(=O)oc2c1. The number of halogens is 4. The molecule has 1 aromatic heterocycles. The van der Waals surface area contributed by atoms with Gasteiger partial charge in [-0.1, -0.05) is 18.2 Å². The minimum atomic E-state index is -4.72. The number of fused-ring (bicyclic) bond motifs is 1. The van der Waals surface area contributed by atoms with Crippen molar-refractivity contribution in [2.45, 2.75) is 12.7 Å². The molecule has 2 aromatic carbocycles. The summed E-state index contributed by atoms with van der Waals surface area (Å²) >= 11 is 0. The molecule has 0 aliphatic rings. The molecule has 0 aliphatic heterocycles. The predicted octanol–water partition coefficient (Wildman–Crippen LogP) is 3.99. The molecule has 0 fully saturated rings. The van der Waals surface area contributed by atoms with Crippen molar-refractivity contribution >= 4 is 16.9 Å². The molecule has 1 amide bonds. The lowest BCUT2D eigenvalue weighted by Gasteiger charge is -2.18. The molecule has 9 heteroatoms. The van der Waals surface area contributed by atoms with Gasteiger partial charge in [0.25, 0.3) is 5.91 Å². The normalized spacial score (nSPS) is 11.5. The number of hydrogen-bond acceptors (Lipinski definition) is 4. The third-order valence-electron chi connectivity index (χ3n) is 4.17. The van der Waals surface area contributed by atoms with Crippen LogP contribution in [0.5, 0.6) is 5.75 Å². The topological polar surface area (TPSA) is 59.8 Å². The first-order chi connectivity index (χ1) is 13.6. The van der Waals surface area contributed by atoms with Gasteiger partial charge in [0, 0.05) is 36.7 Å². The molecule has 0 atom stereocenters. The zero-order chi connectivity index (χ0) is 21.2. The fourth-order valence-corrected chi connectivity index (χ4v) is 2.69. The van der Waals surface area contributed by atoms with Gasteiger partial charge >= 0.3 is 11.8 Å². The highest BCUT2D eigenvalue weighted by Crippen LogP contribution is 2.34. The first-order valence-corrected chi connectivity index (χ1v) is 8.40. The Labute approximate surface area is 162 Å². The Morgan fingerprint density at radius 2 is 1.86 bits per heavy atom. The Hall–Kier alpha value is -3.36. The van der Waals surface area contributed by atoms with Gasteiger partial charge in [0.2, 0.25) is 0 Å². The van der Waals surface area contributed by atoms with E-state index in [4.69, 9.17) is 9.15 Å². The maximum atomic E-state index is 13.7. The highest BCUT2D eigenvalue weighted by molar-refractivity contribution is 5.82. The lowest BCUT2D eigenvalue weighted by atomic mass is 10.1. The lowest BCUT2D eigenvalue weighted by Crippen LogP contribution is -2.31. The molecule has 0 saturated heterocycles. The van der Waals surface area contributed by atoms with Crippen molar-refractivity contribution in [2.75, 3.05) is 13.7 Å². The Morgan fingerprint density at radius 3 is 2.55 bits per heavy atom. The molecule has 0 N–H and O–H groups in total. The van der Waals surface area contributed by atoms with E-state index in [1.54, 1.807) is 12.1 Å². The third kappa shape index (κ3) is 4.74. The monoisotopic (exact) mass is 409 g/mol. The van der Waals surface area contributed by atoms with Crippen LogP contribution in [0.1, 0.15) is 11.1 Å². The number of benzene rings is 2. The summed E-state index contributed by atoms with van der Waals surface area (Å²) in [6.07, 6.45) is -4.72. The van der Waals surface area contributed by atoms with Crippen molar-refractivity contribution in [2.24, 2.45) is 0 Å². The highest BCUT2D eigenvalue weighted by atomic mass is 19.4. The summed E-state index contributed by atoms with van der Waals surface area (Å²) in [4.78, 5) is 24.9. The second-order valence-corrected chi connectivity index (χ2v) is 6.26. The molecular weight excluding hydrogens is 394 g/mol. The van der Waals surface area contributed by atoms with Crippen molar-refractivity contribution in [3.63, 3.8) is 0 Å². The Balaban J connectivity index is 1.73. The number of carbonyl (C=O) groups is 1. The van der Waals surface area contributed by atoms with Crippen LogP contribution >= 0.6 is 0 Å². The first-order valence-electron chi connectivity index (χ1n) is 8.40. The van der Waals surface area contributed by atoms with Gasteiger partial charge in [0.15, 0.2) is 6.61 Å². The summed E-state index contributed by atoms with van der Waals surface area (Å²) in [7, 11) is 1.47. The van der Waals surface area contributed by atoms with Crippen molar-refractivity contribution < 1.29 is 31.5 Å². The maximum Gasteiger partial charge on any atom is 0.417 e. The van der Waals surface area contributed by atoms with Crippen LogP contribution in [0.4, 0.5) is 17.6 Å². The van der Waals surface area contributed by atoms with E-state index in [0.717, 1.165) is 12.1 Å². The molecule has 3 aromatic rings. The number of rotatable bonds is 5. The van der Waals surface area contributed by atoms with E-state index in [1.165, 1.54) is 30.1 Å². The first kappa shape index (κ1) is 20.4. The standard InChI is InChI=1S/C20H15F4NO4/c1-25(10-12-4-2-3-5-16(12)21)18(26)11-28-13-6-7-14-15(20(22,23)24)9-19(27)29-17(14)8-13/h2-9H,10-11H2,1H3. The molecule has 0 aliphatic carbocycles. The van der Waals surface area contributed by atoms with Crippen LogP contribution in [0.2, 0.25) is 0 Å². The van der Waals surface area contributed by atoms with Crippen LogP contribution in [-0.4, -0.2) is 24.5 Å². The summed E-state index contributed by atoms with van der Waals surface area (Å²) in [5.74, 6) is -0.871. The average molecular weight is 409 g/mol. The van der Waals surface area contributed by atoms with Crippen LogP contribution in [0.3, 0.4) is 0 Å². The van der Waals surface area contributed by atoms with Gasteiger partial charge in [-0.05, 0) is 18.2 Å². The van der Waals surface area contributed by atoms with Gasteiger partial charge in [0.05, 0.1) is 5.56 Å². The van der Waals surface area contributed by atoms with E-state index < -0.39 is 35.7 Å². The fraction of sp³-hybridized carbons (Fsp3) is 0.200. The summed E-state index contributed by atoms with van der Waals surface area (Å²) in [5, 5.41) is -0.299. The fourth-order valence-electron chi connectivity index (χ4n) is 2.69. The van der Waals surface area contributed by atoms with Crippen molar-refractivity contribution in [1.82, 2.24) is 4.90 Å². The molecule has 1 heterocycles. The van der Waals surface area contributed by atoms with Crippen LogP contribution in [0, 0.1) is 5.82 Å². The van der Waals surface area contributed by atoms with Crippen LogP contribution < -0.4 is 10.4 Å². The summed E-state index contributed by atoms with van der Waals surface area (Å²) in [6, 6.07) is 9.83. The van der Waals surface area contributed by atoms with Crippen molar-refractivity contribution in [3.05, 3.63) is 75.9 Å². The Kier molecular flexibility index (Phi) is 5.58. The van der Waals surface area contributed by atoms with E-state index in [9.17, 15) is 27.2 Å². The third-order valence-corrected chi connectivity index (χ3v) is 4.17. The van der Waals surface area contributed by atoms with E-state index in [-0.39, 0.29) is 23.3 Å². The van der Waals surface area contributed by atoms with Gasteiger partial charge in [-0.25, -0.2) is 9.18 Å². The molecule has 0 unspecified atom stereocenters. The van der Waals surface area contributed by atoms with Gasteiger partial charge < -0.3 is 14.1 Å². The number of alkyl halides is 3. The van der Waals surface area contributed by atoms with Crippen LogP contribution in [-0.2, 0) is 17.5 Å². The molecular formula is C20H15F4NO4. The van der Waals surface area contributed by atoms with E-state index in [0.29, 0.717) is 11.6 Å². The molecule has 0 spiro atoms. The minimum absolute atomic E-state index is 0.0242. The lowest BCUT2D eigenvalue weighted by molar-refractivity contribution is -0.136. The number of likely N-dealkylation sites (N-methyl/N-ethyl adjacent to an activating group) is 1. The van der Waals surface area contributed by atoms with Gasteiger partial charge in [-0.15, -0.1) is 0 Å². The largest absolute Gasteiger partial charge is 0.484 e. The predicted molar refractivity (Wildman–Crippen MR) is 95.9 cm³/mol. The summed E-state index contributed by atoms with van der Waals surface area (Å²) in [6.45, 7) is -0.407. The average Bonchev–Trinajstić information content (AvgIpc) is 2.66. The zero-order valence-corrected chi connectivity index (χ0v) is 15.1. The van der Waals surface area contributed by atoms with Gasteiger partial charge in [0.1, 0.15) is 17.1 Å².